The second kappa shape index (κ2) is 6.61. The molecule has 0 bridgehead atoms. The maximum absolute atomic E-state index is 9.21. The number of ether oxygens (including phenoxy) is 1. The fourth-order valence-corrected chi connectivity index (χ4v) is 3.55. The molecule has 1 aliphatic carbocycles. The van der Waals surface area contributed by atoms with Crippen molar-refractivity contribution >= 4 is 11.4 Å². The Balaban J connectivity index is 0.00000225. The van der Waals surface area contributed by atoms with Gasteiger partial charge >= 0.3 is 0 Å². The molecule has 3 aromatic rings. The maximum atomic E-state index is 9.21. The standard InChI is InChI=1S/C21H18N4O2.H2/c1-12-13(9-22)2-4-16-15(12)5-7-19(16)27-14-3-6-18(23)17(8-14)21(24)20-10-25-11-26-20;/h2-4,6,8,10-11,19,24H,5,7,23H2,1H3;1H/t19-;/m1./s1. The molecule has 0 fully saturated rings. The van der Waals surface area contributed by atoms with Crippen LogP contribution in [0.2, 0.25) is 0 Å². The van der Waals surface area contributed by atoms with Crippen LogP contribution in [-0.4, -0.2) is 10.7 Å². The minimum atomic E-state index is -0.0811. The van der Waals surface area contributed by atoms with E-state index in [2.05, 4.69) is 11.1 Å². The van der Waals surface area contributed by atoms with Crippen LogP contribution in [0.1, 0.15) is 47.5 Å². The van der Waals surface area contributed by atoms with Gasteiger partial charge in [-0.05, 0) is 60.7 Å². The van der Waals surface area contributed by atoms with E-state index in [1.807, 2.05) is 19.1 Å². The summed E-state index contributed by atoms with van der Waals surface area (Å²) in [6, 6.07) is 11.4. The van der Waals surface area contributed by atoms with Crippen LogP contribution in [0.25, 0.3) is 0 Å². The van der Waals surface area contributed by atoms with Gasteiger partial charge in [-0.2, -0.15) is 5.26 Å². The topological polar surface area (TPSA) is 109 Å². The number of oxazole rings is 1. The first-order valence-corrected chi connectivity index (χ1v) is 8.65. The maximum Gasteiger partial charge on any atom is 0.181 e. The molecule has 4 rings (SSSR count). The number of hydrogen-bond donors (Lipinski definition) is 2. The molecule has 2 aromatic carbocycles. The van der Waals surface area contributed by atoms with E-state index in [1.165, 1.54) is 18.2 Å². The second-order valence-electron chi connectivity index (χ2n) is 6.55. The largest absolute Gasteiger partial charge is 0.486 e. The number of aromatic nitrogens is 1. The summed E-state index contributed by atoms with van der Waals surface area (Å²) in [5.74, 6) is 0.994. The van der Waals surface area contributed by atoms with Crippen molar-refractivity contribution < 1.29 is 10.6 Å². The Hall–Kier alpha value is -3.59. The van der Waals surface area contributed by atoms with E-state index >= 15 is 0 Å². The summed E-state index contributed by atoms with van der Waals surface area (Å²) in [6.45, 7) is 1.99. The van der Waals surface area contributed by atoms with Crippen molar-refractivity contribution in [2.24, 2.45) is 0 Å². The van der Waals surface area contributed by atoms with Gasteiger partial charge in [0.25, 0.3) is 0 Å². The first-order valence-electron chi connectivity index (χ1n) is 8.65. The Morgan fingerprint density at radius 1 is 1.41 bits per heavy atom. The number of rotatable bonds is 4. The molecular formula is C21H20N4O2. The van der Waals surface area contributed by atoms with Crippen LogP contribution < -0.4 is 10.5 Å². The highest BCUT2D eigenvalue weighted by Gasteiger charge is 2.27. The third-order valence-electron chi connectivity index (χ3n) is 5.01. The number of nitrogens with two attached hydrogens (primary N) is 1. The van der Waals surface area contributed by atoms with Crippen LogP contribution in [0, 0.1) is 23.7 Å². The van der Waals surface area contributed by atoms with Crippen LogP contribution in [0.3, 0.4) is 0 Å². The molecule has 0 saturated heterocycles. The third kappa shape index (κ3) is 2.93. The number of benzene rings is 2. The number of hydrogen-bond acceptors (Lipinski definition) is 6. The number of nitrogen functional groups attached to an aromatic ring is 1. The highest BCUT2D eigenvalue weighted by molar-refractivity contribution is 6.12. The normalized spacial score (nSPS) is 15.2. The van der Waals surface area contributed by atoms with Crippen LogP contribution in [0.4, 0.5) is 5.69 Å². The zero-order valence-corrected chi connectivity index (χ0v) is 14.8. The van der Waals surface area contributed by atoms with Gasteiger partial charge in [-0.3, -0.25) is 5.41 Å². The van der Waals surface area contributed by atoms with Gasteiger partial charge < -0.3 is 14.9 Å². The summed E-state index contributed by atoms with van der Waals surface area (Å²) in [6.07, 6.45) is 4.43. The van der Waals surface area contributed by atoms with E-state index < -0.39 is 0 Å². The van der Waals surface area contributed by atoms with Gasteiger partial charge in [0.2, 0.25) is 0 Å². The van der Waals surface area contributed by atoms with Crippen molar-refractivity contribution in [1.82, 2.24) is 4.98 Å². The van der Waals surface area contributed by atoms with Crippen molar-refractivity contribution in [2.45, 2.75) is 25.9 Å². The lowest BCUT2D eigenvalue weighted by molar-refractivity contribution is 0.207. The molecule has 0 amide bonds. The Bertz CT molecular complexity index is 1070. The fraction of sp³-hybridized carbons (Fsp3) is 0.190. The average Bonchev–Trinajstić information content (AvgIpc) is 3.34. The summed E-state index contributed by atoms with van der Waals surface area (Å²) in [7, 11) is 0. The highest BCUT2D eigenvalue weighted by Crippen LogP contribution is 2.38. The summed E-state index contributed by atoms with van der Waals surface area (Å²) >= 11 is 0. The van der Waals surface area contributed by atoms with Gasteiger partial charge in [0, 0.05) is 12.7 Å². The number of anilines is 1. The van der Waals surface area contributed by atoms with Gasteiger partial charge in [-0.25, -0.2) is 4.98 Å². The number of nitriles is 1. The van der Waals surface area contributed by atoms with Crippen molar-refractivity contribution in [3.63, 3.8) is 0 Å². The van der Waals surface area contributed by atoms with E-state index in [4.69, 9.17) is 20.3 Å². The molecule has 0 saturated carbocycles. The number of nitrogens with one attached hydrogen (secondary N) is 1. The molecule has 0 spiro atoms. The summed E-state index contributed by atoms with van der Waals surface area (Å²) in [4.78, 5) is 3.85. The molecule has 0 radical (unpaired) electrons. The summed E-state index contributed by atoms with van der Waals surface area (Å²) in [5.41, 5.74) is 11.3. The Morgan fingerprint density at radius 2 is 2.26 bits per heavy atom. The van der Waals surface area contributed by atoms with Crippen LogP contribution in [-0.2, 0) is 6.42 Å². The number of nitrogens with zero attached hydrogens (tertiary/aromatic N) is 2. The molecule has 3 N–H and O–H groups in total. The lowest BCUT2D eigenvalue weighted by Crippen LogP contribution is -2.08. The Labute approximate surface area is 158 Å². The lowest BCUT2D eigenvalue weighted by Gasteiger charge is -2.17. The third-order valence-corrected chi connectivity index (χ3v) is 5.01. The smallest absolute Gasteiger partial charge is 0.181 e. The monoisotopic (exact) mass is 360 g/mol. The van der Waals surface area contributed by atoms with Crippen molar-refractivity contribution in [3.8, 4) is 11.8 Å². The molecule has 27 heavy (non-hydrogen) atoms. The van der Waals surface area contributed by atoms with E-state index in [9.17, 15) is 5.26 Å². The first-order chi connectivity index (χ1) is 13.1. The predicted octanol–water partition coefficient (Wildman–Crippen LogP) is 4.17. The highest BCUT2D eigenvalue weighted by atomic mass is 16.5. The summed E-state index contributed by atoms with van der Waals surface area (Å²) in [5, 5.41) is 17.5. The van der Waals surface area contributed by atoms with Crippen molar-refractivity contribution in [2.75, 3.05) is 5.73 Å². The fourth-order valence-electron chi connectivity index (χ4n) is 3.55. The molecule has 6 nitrogen and oxygen atoms in total. The average molecular weight is 360 g/mol. The zero-order chi connectivity index (χ0) is 19.0. The van der Waals surface area contributed by atoms with Crippen LogP contribution in [0.15, 0.2) is 47.3 Å². The molecule has 1 aromatic heterocycles. The van der Waals surface area contributed by atoms with Gasteiger partial charge in [0.1, 0.15) is 17.6 Å². The second-order valence-corrected chi connectivity index (χ2v) is 6.55. The molecule has 1 heterocycles. The van der Waals surface area contributed by atoms with Crippen LogP contribution in [0.5, 0.6) is 5.75 Å². The predicted molar refractivity (Wildman–Crippen MR) is 103 cm³/mol. The molecule has 0 aliphatic heterocycles. The number of fused-ring (bicyclic) bond motifs is 1. The van der Waals surface area contributed by atoms with Crippen molar-refractivity contribution in [3.05, 3.63) is 76.5 Å². The molecule has 1 atom stereocenters. The van der Waals surface area contributed by atoms with E-state index in [1.54, 1.807) is 18.2 Å². The van der Waals surface area contributed by atoms with Gasteiger partial charge in [0.05, 0.1) is 17.8 Å². The summed E-state index contributed by atoms with van der Waals surface area (Å²) < 4.78 is 11.4. The lowest BCUT2D eigenvalue weighted by atomic mass is 9.99. The zero-order valence-electron chi connectivity index (χ0n) is 14.8. The Morgan fingerprint density at radius 3 is 3.00 bits per heavy atom. The van der Waals surface area contributed by atoms with Crippen molar-refractivity contribution in [1.29, 1.82) is 10.7 Å². The van der Waals surface area contributed by atoms with Gasteiger partial charge in [-0.15, -0.1) is 0 Å². The van der Waals surface area contributed by atoms with E-state index in [0.717, 1.165) is 24.0 Å². The van der Waals surface area contributed by atoms with E-state index in [-0.39, 0.29) is 13.2 Å². The molecular weight excluding hydrogens is 340 g/mol. The molecule has 1 aliphatic rings. The first kappa shape index (κ1) is 16.9. The van der Waals surface area contributed by atoms with E-state index in [0.29, 0.717) is 28.3 Å². The molecule has 136 valence electrons. The SMILES string of the molecule is Cc1c(C#N)ccc2c1CC[C@H]2Oc1ccc(N)c(C(=N)c2cnco2)c1.[HH]. The van der Waals surface area contributed by atoms with Gasteiger partial charge in [-0.1, -0.05) is 6.07 Å². The van der Waals surface area contributed by atoms with Gasteiger partial charge in [0.15, 0.2) is 12.2 Å². The Kier molecular flexibility index (Phi) is 4.13. The quantitative estimate of drug-likeness (QED) is 0.536. The minimum absolute atomic E-state index is 0. The van der Waals surface area contributed by atoms with Crippen LogP contribution >= 0.6 is 0 Å². The molecule has 0 unspecified atom stereocenters. The molecule has 6 heteroatoms. The minimum Gasteiger partial charge on any atom is -0.486 e.